The van der Waals surface area contributed by atoms with Crippen LogP contribution in [-0.2, 0) is 10.0 Å². The number of rotatable bonds is 4. The molecule has 18 heavy (non-hydrogen) atoms. The second-order valence-corrected chi connectivity index (χ2v) is 6.90. The fourth-order valence-electron chi connectivity index (χ4n) is 1.65. The highest BCUT2D eigenvalue weighted by Gasteiger charge is 2.27. The molecule has 0 saturated carbocycles. The van der Waals surface area contributed by atoms with E-state index < -0.39 is 15.6 Å². The minimum absolute atomic E-state index is 0.198. The SMILES string of the molecule is CCC(C)(C)NS(=O)(=O)c1c(C)ccc(C)c1N. The monoisotopic (exact) mass is 270 g/mol. The topological polar surface area (TPSA) is 72.2 Å². The summed E-state index contributed by atoms with van der Waals surface area (Å²) in [5.74, 6) is 0. The number of nitrogens with one attached hydrogen (secondary N) is 1. The Bertz CT molecular complexity index is 548. The number of benzene rings is 1. The number of anilines is 1. The van der Waals surface area contributed by atoms with Crippen LogP contribution in [0.15, 0.2) is 17.0 Å². The van der Waals surface area contributed by atoms with Gasteiger partial charge in [-0.15, -0.1) is 0 Å². The van der Waals surface area contributed by atoms with Gasteiger partial charge in [0.25, 0.3) is 0 Å². The molecule has 1 rings (SSSR count). The molecule has 0 atom stereocenters. The summed E-state index contributed by atoms with van der Waals surface area (Å²) in [7, 11) is -3.59. The Morgan fingerprint density at radius 1 is 1.22 bits per heavy atom. The fourth-order valence-corrected chi connectivity index (χ4v) is 3.57. The van der Waals surface area contributed by atoms with E-state index in [0.29, 0.717) is 17.7 Å². The zero-order valence-corrected chi connectivity index (χ0v) is 12.5. The van der Waals surface area contributed by atoms with Crippen molar-refractivity contribution in [2.75, 3.05) is 5.73 Å². The van der Waals surface area contributed by atoms with E-state index in [2.05, 4.69) is 4.72 Å². The van der Waals surface area contributed by atoms with Crippen molar-refractivity contribution in [3.63, 3.8) is 0 Å². The zero-order valence-electron chi connectivity index (χ0n) is 11.7. The van der Waals surface area contributed by atoms with Crippen LogP contribution >= 0.6 is 0 Å². The lowest BCUT2D eigenvalue weighted by atomic mass is 10.0. The van der Waals surface area contributed by atoms with Gasteiger partial charge in [-0.25, -0.2) is 13.1 Å². The molecule has 0 aromatic heterocycles. The summed E-state index contributed by atoms with van der Waals surface area (Å²) in [5, 5.41) is 0. The van der Waals surface area contributed by atoms with Crippen molar-refractivity contribution in [2.45, 2.75) is 51.5 Å². The molecule has 1 aromatic rings. The molecule has 0 aliphatic carbocycles. The van der Waals surface area contributed by atoms with E-state index in [-0.39, 0.29) is 4.90 Å². The van der Waals surface area contributed by atoms with Crippen molar-refractivity contribution in [1.82, 2.24) is 4.72 Å². The molecule has 1 aromatic carbocycles. The number of nitrogens with two attached hydrogens (primary N) is 1. The molecule has 0 fully saturated rings. The molecule has 0 aliphatic heterocycles. The minimum atomic E-state index is -3.59. The largest absolute Gasteiger partial charge is 0.397 e. The molecule has 0 spiro atoms. The Hall–Kier alpha value is -1.07. The van der Waals surface area contributed by atoms with Crippen molar-refractivity contribution in [1.29, 1.82) is 0 Å². The van der Waals surface area contributed by atoms with Gasteiger partial charge in [0.15, 0.2) is 0 Å². The first-order chi connectivity index (χ1) is 8.10. The summed E-state index contributed by atoms with van der Waals surface area (Å²) >= 11 is 0. The van der Waals surface area contributed by atoms with Crippen LogP contribution in [0, 0.1) is 13.8 Å². The molecule has 4 nitrogen and oxygen atoms in total. The summed E-state index contributed by atoms with van der Waals surface area (Å²) < 4.78 is 27.5. The zero-order chi connectivity index (χ0) is 14.1. The van der Waals surface area contributed by atoms with Crippen LogP contribution in [0.25, 0.3) is 0 Å². The number of hydrogen-bond donors (Lipinski definition) is 2. The molecular weight excluding hydrogens is 248 g/mol. The minimum Gasteiger partial charge on any atom is -0.397 e. The van der Waals surface area contributed by atoms with Crippen molar-refractivity contribution in [3.05, 3.63) is 23.3 Å². The molecule has 102 valence electrons. The normalized spacial score (nSPS) is 12.7. The molecule has 3 N–H and O–H groups in total. The summed E-state index contributed by atoms with van der Waals surface area (Å²) in [6.45, 7) is 9.20. The first-order valence-electron chi connectivity index (χ1n) is 6.00. The second kappa shape index (κ2) is 4.90. The van der Waals surface area contributed by atoms with Crippen molar-refractivity contribution >= 4 is 15.7 Å². The Morgan fingerprint density at radius 3 is 2.22 bits per heavy atom. The van der Waals surface area contributed by atoms with E-state index in [1.807, 2.05) is 26.8 Å². The summed E-state index contributed by atoms with van der Waals surface area (Å²) in [6, 6.07) is 3.61. The van der Waals surface area contributed by atoms with E-state index >= 15 is 0 Å². The molecule has 5 heteroatoms. The molecular formula is C13H22N2O2S. The van der Waals surface area contributed by atoms with Gasteiger partial charge in [-0.05, 0) is 45.2 Å². The highest BCUT2D eigenvalue weighted by Crippen LogP contribution is 2.27. The highest BCUT2D eigenvalue weighted by molar-refractivity contribution is 7.89. The lowest BCUT2D eigenvalue weighted by Gasteiger charge is -2.25. The van der Waals surface area contributed by atoms with Gasteiger partial charge in [-0.1, -0.05) is 19.1 Å². The number of sulfonamides is 1. The molecule has 0 unspecified atom stereocenters. The van der Waals surface area contributed by atoms with Gasteiger partial charge >= 0.3 is 0 Å². The summed E-state index contributed by atoms with van der Waals surface area (Å²) in [5.41, 5.74) is 7.19. The van der Waals surface area contributed by atoms with Crippen LogP contribution in [-0.4, -0.2) is 14.0 Å². The highest BCUT2D eigenvalue weighted by atomic mass is 32.2. The number of aryl methyl sites for hydroxylation is 2. The van der Waals surface area contributed by atoms with Gasteiger partial charge in [-0.2, -0.15) is 0 Å². The van der Waals surface area contributed by atoms with Crippen LogP contribution in [0.3, 0.4) is 0 Å². The van der Waals surface area contributed by atoms with Gasteiger partial charge in [0.1, 0.15) is 4.90 Å². The van der Waals surface area contributed by atoms with Gasteiger partial charge in [0.2, 0.25) is 10.0 Å². The van der Waals surface area contributed by atoms with Crippen molar-refractivity contribution in [2.24, 2.45) is 0 Å². The van der Waals surface area contributed by atoms with Crippen LogP contribution in [0.4, 0.5) is 5.69 Å². The molecule has 0 bridgehead atoms. The maximum absolute atomic E-state index is 12.4. The van der Waals surface area contributed by atoms with Crippen LogP contribution < -0.4 is 10.5 Å². The van der Waals surface area contributed by atoms with E-state index in [0.717, 1.165) is 5.56 Å². The van der Waals surface area contributed by atoms with Crippen molar-refractivity contribution in [3.8, 4) is 0 Å². The molecule has 0 aliphatic rings. The molecule has 0 amide bonds. The molecule has 0 radical (unpaired) electrons. The predicted molar refractivity (Wildman–Crippen MR) is 75.0 cm³/mol. The maximum Gasteiger partial charge on any atom is 0.243 e. The fraction of sp³-hybridized carbons (Fsp3) is 0.538. The van der Waals surface area contributed by atoms with E-state index in [1.54, 1.807) is 19.9 Å². The second-order valence-electron chi connectivity index (χ2n) is 5.29. The maximum atomic E-state index is 12.4. The van der Waals surface area contributed by atoms with Crippen molar-refractivity contribution < 1.29 is 8.42 Å². The number of nitrogen functional groups attached to an aromatic ring is 1. The Morgan fingerprint density at radius 2 is 1.72 bits per heavy atom. The lowest BCUT2D eigenvalue weighted by molar-refractivity contribution is 0.439. The molecule has 0 saturated heterocycles. The number of hydrogen-bond acceptors (Lipinski definition) is 3. The predicted octanol–water partition coefficient (Wildman–Crippen LogP) is 2.35. The quantitative estimate of drug-likeness (QED) is 0.825. The molecule has 0 heterocycles. The standard InChI is InChI=1S/C13H22N2O2S/c1-6-13(4,5)15-18(16,17)12-10(3)8-7-9(2)11(12)14/h7-8,15H,6,14H2,1-5H3. The third kappa shape index (κ3) is 3.03. The Balaban J connectivity index is 3.34. The lowest BCUT2D eigenvalue weighted by Crippen LogP contribution is -2.43. The van der Waals surface area contributed by atoms with Gasteiger partial charge in [0, 0.05) is 5.54 Å². The van der Waals surface area contributed by atoms with E-state index in [9.17, 15) is 8.42 Å². The van der Waals surface area contributed by atoms with Crippen LogP contribution in [0.2, 0.25) is 0 Å². The van der Waals surface area contributed by atoms with E-state index in [4.69, 9.17) is 5.73 Å². The average Bonchev–Trinajstić information content (AvgIpc) is 2.22. The first kappa shape index (κ1) is 15.0. The van der Waals surface area contributed by atoms with E-state index in [1.165, 1.54) is 0 Å². The summed E-state index contributed by atoms with van der Waals surface area (Å²) in [6.07, 6.45) is 0.705. The first-order valence-corrected chi connectivity index (χ1v) is 7.48. The Labute approximate surface area is 110 Å². The third-order valence-electron chi connectivity index (χ3n) is 3.17. The van der Waals surface area contributed by atoms with Gasteiger partial charge in [0.05, 0.1) is 5.69 Å². The van der Waals surface area contributed by atoms with Crippen LogP contribution in [0.1, 0.15) is 38.3 Å². The third-order valence-corrected chi connectivity index (χ3v) is 5.07. The van der Waals surface area contributed by atoms with Gasteiger partial charge in [-0.3, -0.25) is 0 Å². The Kier molecular flexibility index (Phi) is 4.08. The smallest absolute Gasteiger partial charge is 0.243 e. The summed E-state index contributed by atoms with van der Waals surface area (Å²) in [4.78, 5) is 0.198. The average molecular weight is 270 g/mol. The van der Waals surface area contributed by atoms with Crippen LogP contribution in [0.5, 0.6) is 0 Å². The van der Waals surface area contributed by atoms with Gasteiger partial charge < -0.3 is 5.73 Å².